The summed E-state index contributed by atoms with van der Waals surface area (Å²) in [7, 11) is 0. The quantitative estimate of drug-likeness (QED) is 0.541. The van der Waals surface area contributed by atoms with Crippen molar-refractivity contribution in [3.05, 3.63) is 76.7 Å². The van der Waals surface area contributed by atoms with Crippen LogP contribution in [0.15, 0.2) is 65.6 Å². The van der Waals surface area contributed by atoms with E-state index in [0.717, 1.165) is 35.2 Å². The van der Waals surface area contributed by atoms with E-state index in [-0.39, 0.29) is 23.6 Å². The van der Waals surface area contributed by atoms with Crippen molar-refractivity contribution in [1.82, 2.24) is 24.7 Å². The minimum Gasteiger partial charge on any atom is -0.349 e. The highest BCUT2D eigenvalue weighted by atomic mass is 16.1. The molecule has 1 amide bonds. The number of carbonyl (C=O) groups is 1. The first-order valence-corrected chi connectivity index (χ1v) is 10.5. The molecule has 1 aliphatic rings. The van der Waals surface area contributed by atoms with Gasteiger partial charge in [-0.15, -0.1) is 0 Å². The molecule has 0 spiro atoms. The van der Waals surface area contributed by atoms with Crippen molar-refractivity contribution >= 4 is 11.4 Å². The minimum atomic E-state index is -0.152. The number of pyridine rings is 1. The molecule has 0 saturated heterocycles. The second-order valence-electron chi connectivity index (χ2n) is 8.18. The van der Waals surface area contributed by atoms with Gasteiger partial charge in [0.25, 0.3) is 11.5 Å². The van der Waals surface area contributed by atoms with Gasteiger partial charge in [-0.05, 0) is 44.9 Å². The standard InChI is InChI=1S/C24H23N5O2/c1-15(2)29-21(30)11-10-19(26-29)22-20-14-17(24(31)25-18-8-9-18)12-13-28(20)27-23(22)16-6-4-3-5-7-16/h3-7,10-15,18H,8-9H2,1-2H3,(H,25,31). The van der Waals surface area contributed by atoms with Crippen LogP contribution < -0.4 is 10.9 Å². The van der Waals surface area contributed by atoms with Crippen LogP contribution in [0.2, 0.25) is 0 Å². The zero-order chi connectivity index (χ0) is 21.5. The maximum atomic E-state index is 12.6. The molecule has 0 bridgehead atoms. The van der Waals surface area contributed by atoms with Gasteiger partial charge < -0.3 is 5.32 Å². The Bertz CT molecular complexity index is 1330. The van der Waals surface area contributed by atoms with E-state index < -0.39 is 0 Å². The van der Waals surface area contributed by atoms with E-state index in [4.69, 9.17) is 5.10 Å². The Morgan fingerprint density at radius 2 is 1.84 bits per heavy atom. The Hall–Kier alpha value is -3.74. The number of carbonyl (C=O) groups excluding carboxylic acids is 1. The molecule has 0 unspecified atom stereocenters. The zero-order valence-corrected chi connectivity index (χ0v) is 17.4. The third-order valence-electron chi connectivity index (χ3n) is 5.43. The summed E-state index contributed by atoms with van der Waals surface area (Å²) in [6.45, 7) is 3.85. The summed E-state index contributed by atoms with van der Waals surface area (Å²) in [5.74, 6) is -0.0847. The number of nitrogens with one attached hydrogen (secondary N) is 1. The van der Waals surface area contributed by atoms with Gasteiger partial charge in [0.1, 0.15) is 5.69 Å². The zero-order valence-electron chi connectivity index (χ0n) is 17.4. The minimum absolute atomic E-state index is 0.0747. The summed E-state index contributed by atoms with van der Waals surface area (Å²) in [6, 6.07) is 16.9. The van der Waals surface area contributed by atoms with Crippen LogP contribution in [0.3, 0.4) is 0 Å². The number of nitrogens with zero attached hydrogens (tertiary/aromatic N) is 4. The summed E-state index contributed by atoms with van der Waals surface area (Å²) in [5, 5.41) is 12.5. The van der Waals surface area contributed by atoms with Crippen LogP contribution in [0.4, 0.5) is 0 Å². The molecule has 7 heteroatoms. The number of benzene rings is 1. The smallest absolute Gasteiger partial charge is 0.267 e. The lowest BCUT2D eigenvalue weighted by Crippen LogP contribution is -2.25. The van der Waals surface area contributed by atoms with E-state index in [1.807, 2.05) is 50.2 Å². The molecule has 156 valence electrons. The lowest BCUT2D eigenvalue weighted by Gasteiger charge is -2.11. The van der Waals surface area contributed by atoms with Crippen molar-refractivity contribution in [2.45, 2.75) is 38.8 Å². The Labute approximate surface area is 179 Å². The molecule has 4 aromatic rings. The van der Waals surface area contributed by atoms with E-state index in [2.05, 4.69) is 10.4 Å². The molecule has 0 atom stereocenters. The second-order valence-corrected chi connectivity index (χ2v) is 8.18. The Kier molecular flexibility index (Phi) is 4.66. The molecule has 1 N–H and O–H groups in total. The molecular weight excluding hydrogens is 390 g/mol. The van der Waals surface area contributed by atoms with Crippen LogP contribution in [0.1, 0.15) is 43.1 Å². The highest BCUT2D eigenvalue weighted by Gasteiger charge is 2.25. The highest BCUT2D eigenvalue weighted by molar-refractivity contribution is 5.98. The van der Waals surface area contributed by atoms with E-state index >= 15 is 0 Å². The maximum Gasteiger partial charge on any atom is 0.267 e. The van der Waals surface area contributed by atoms with Gasteiger partial charge >= 0.3 is 0 Å². The molecule has 3 heterocycles. The number of rotatable bonds is 5. The van der Waals surface area contributed by atoms with Crippen molar-refractivity contribution < 1.29 is 4.79 Å². The van der Waals surface area contributed by atoms with Gasteiger partial charge in [-0.25, -0.2) is 9.20 Å². The number of amides is 1. The summed E-state index contributed by atoms with van der Waals surface area (Å²) >= 11 is 0. The summed E-state index contributed by atoms with van der Waals surface area (Å²) in [5.41, 5.74) is 4.32. The van der Waals surface area contributed by atoms with Crippen LogP contribution in [-0.2, 0) is 0 Å². The van der Waals surface area contributed by atoms with Gasteiger partial charge in [0.15, 0.2) is 0 Å². The average Bonchev–Trinajstić information content (AvgIpc) is 3.51. The molecule has 1 saturated carbocycles. The molecule has 0 radical (unpaired) electrons. The fourth-order valence-electron chi connectivity index (χ4n) is 3.66. The maximum absolute atomic E-state index is 12.6. The third kappa shape index (κ3) is 3.63. The number of hydrogen-bond donors (Lipinski definition) is 1. The predicted octanol–water partition coefficient (Wildman–Crippen LogP) is 3.70. The molecule has 0 aliphatic heterocycles. The van der Waals surface area contributed by atoms with E-state index in [1.54, 1.807) is 22.8 Å². The van der Waals surface area contributed by atoms with E-state index in [9.17, 15) is 9.59 Å². The van der Waals surface area contributed by atoms with E-state index in [1.165, 1.54) is 10.7 Å². The molecule has 3 aromatic heterocycles. The van der Waals surface area contributed by atoms with Crippen LogP contribution >= 0.6 is 0 Å². The average molecular weight is 413 g/mol. The molecule has 1 aromatic carbocycles. The van der Waals surface area contributed by atoms with Crippen LogP contribution in [0.25, 0.3) is 28.0 Å². The van der Waals surface area contributed by atoms with Crippen molar-refractivity contribution in [2.24, 2.45) is 0 Å². The first kappa shape index (κ1) is 19.2. The second kappa shape index (κ2) is 7.50. The molecule has 7 nitrogen and oxygen atoms in total. The first-order valence-electron chi connectivity index (χ1n) is 10.5. The lowest BCUT2D eigenvalue weighted by atomic mass is 10.0. The van der Waals surface area contributed by atoms with Gasteiger partial charge in [0.2, 0.25) is 0 Å². The predicted molar refractivity (Wildman–Crippen MR) is 119 cm³/mol. The molecule has 31 heavy (non-hydrogen) atoms. The molecule has 5 rings (SSSR count). The molecule has 1 aliphatic carbocycles. The van der Waals surface area contributed by atoms with Crippen LogP contribution in [-0.4, -0.2) is 31.3 Å². The van der Waals surface area contributed by atoms with Gasteiger partial charge in [-0.3, -0.25) is 9.59 Å². The Morgan fingerprint density at radius 1 is 1.06 bits per heavy atom. The van der Waals surface area contributed by atoms with Gasteiger partial charge in [-0.2, -0.15) is 10.2 Å². The van der Waals surface area contributed by atoms with Gasteiger partial charge in [0.05, 0.1) is 22.8 Å². The van der Waals surface area contributed by atoms with Crippen molar-refractivity contribution in [2.75, 3.05) is 0 Å². The normalized spacial score (nSPS) is 13.6. The van der Waals surface area contributed by atoms with E-state index in [0.29, 0.717) is 11.3 Å². The fraction of sp³-hybridized carbons (Fsp3) is 0.250. The SMILES string of the molecule is CC(C)n1nc(-c2c(-c3ccccc3)nn3ccc(C(=O)NC4CC4)cc23)ccc1=O. The topological polar surface area (TPSA) is 81.3 Å². The summed E-state index contributed by atoms with van der Waals surface area (Å²) in [4.78, 5) is 24.9. The van der Waals surface area contributed by atoms with Crippen molar-refractivity contribution in [1.29, 1.82) is 0 Å². The monoisotopic (exact) mass is 413 g/mol. The molecule has 1 fully saturated rings. The first-order chi connectivity index (χ1) is 15.0. The fourth-order valence-corrected chi connectivity index (χ4v) is 3.66. The Balaban J connectivity index is 1.74. The van der Waals surface area contributed by atoms with Gasteiger partial charge in [0, 0.05) is 29.4 Å². The van der Waals surface area contributed by atoms with Crippen LogP contribution in [0.5, 0.6) is 0 Å². The summed E-state index contributed by atoms with van der Waals surface area (Å²) in [6.07, 6.45) is 3.86. The lowest BCUT2D eigenvalue weighted by molar-refractivity contribution is 0.0951. The summed E-state index contributed by atoms with van der Waals surface area (Å²) < 4.78 is 3.23. The number of fused-ring (bicyclic) bond motifs is 1. The number of hydrogen-bond acceptors (Lipinski definition) is 4. The largest absolute Gasteiger partial charge is 0.349 e. The Morgan fingerprint density at radius 3 is 2.55 bits per heavy atom. The number of aromatic nitrogens is 4. The van der Waals surface area contributed by atoms with Crippen molar-refractivity contribution in [3.63, 3.8) is 0 Å². The third-order valence-corrected chi connectivity index (χ3v) is 5.43. The van der Waals surface area contributed by atoms with Gasteiger partial charge in [-0.1, -0.05) is 30.3 Å². The highest BCUT2D eigenvalue weighted by Crippen LogP contribution is 2.34. The molecular formula is C24H23N5O2. The van der Waals surface area contributed by atoms with Crippen molar-refractivity contribution in [3.8, 4) is 22.5 Å². The van der Waals surface area contributed by atoms with Crippen LogP contribution in [0, 0.1) is 0 Å².